The van der Waals surface area contributed by atoms with Gasteiger partial charge in [-0.1, -0.05) is 29.3 Å². The molecular weight excluding hydrogens is 451 g/mol. The second kappa shape index (κ2) is 7.43. The van der Waals surface area contributed by atoms with Crippen molar-refractivity contribution in [3.8, 4) is 0 Å². The van der Waals surface area contributed by atoms with Crippen LogP contribution in [0.3, 0.4) is 0 Å². The van der Waals surface area contributed by atoms with Crippen molar-refractivity contribution >= 4 is 38.3 Å². The monoisotopic (exact) mass is 476 g/mol. The summed E-state index contributed by atoms with van der Waals surface area (Å²) in [4.78, 5) is 4.56. The van der Waals surface area contributed by atoms with E-state index in [1.807, 2.05) is 6.92 Å². The summed E-state index contributed by atoms with van der Waals surface area (Å²) in [5.74, 6) is -0.0721. The van der Waals surface area contributed by atoms with Crippen molar-refractivity contribution < 1.29 is 12.8 Å². The van der Waals surface area contributed by atoms with Crippen LogP contribution in [-0.4, -0.2) is 54.7 Å². The Morgan fingerprint density at radius 1 is 1.19 bits per heavy atom. The Morgan fingerprint density at radius 3 is 2.50 bits per heavy atom. The summed E-state index contributed by atoms with van der Waals surface area (Å²) >= 11 is 6.49. The van der Waals surface area contributed by atoms with Gasteiger partial charge in [-0.25, -0.2) is 4.39 Å². The minimum Gasteiger partial charge on any atom is -0.349 e. The van der Waals surface area contributed by atoms with Crippen molar-refractivity contribution in [2.45, 2.75) is 49.1 Å². The highest BCUT2D eigenvalue weighted by molar-refractivity contribution is 7.90. The van der Waals surface area contributed by atoms with E-state index in [1.165, 1.54) is 12.1 Å². The summed E-state index contributed by atoms with van der Waals surface area (Å²) < 4.78 is 42.3. The van der Waals surface area contributed by atoms with Gasteiger partial charge in [0.2, 0.25) is 0 Å². The number of aryl methyl sites for hydroxylation is 1. The Balaban J connectivity index is 1.68. The van der Waals surface area contributed by atoms with E-state index in [0.717, 1.165) is 41.9 Å². The molecule has 1 aromatic heterocycles. The average molecular weight is 477 g/mol. The summed E-state index contributed by atoms with van der Waals surface area (Å²) in [5.41, 5.74) is 1.06. The zero-order valence-corrected chi connectivity index (χ0v) is 19.9. The second-order valence-electron chi connectivity index (χ2n) is 9.25. The molecule has 32 heavy (non-hydrogen) atoms. The fourth-order valence-electron chi connectivity index (χ4n) is 4.86. The molecule has 6 nitrogen and oxygen atoms in total. The average Bonchev–Trinajstić information content (AvgIpc) is 3.37. The minimum absolute atomic E-state index is 0.0510. The molecule has 1 aliphatic carbocycles. The number of hydrogen-bond acceptors (Lipinski definition) is 5. The molecule has 1 unspecified atom stereocenters. The lowest BCUT2D eigenvalue weighted by molar-refractivity contribution is 0.217. The number of benzene rings is 2. The van der Waals surface area contributed by atoms with Crippen LogP contribution in [0, 0.1) is 12.7 Å². The molecule has 1 saturated carbocycles. The van der Waals surface area contributed by atoms with Crippen LogP contribution in [0.5, 0.6) is 0 Å². The molecule has 2 aromatic carbocycles. The molecule has 0 radical (unpaired) electrons. The van der Waals surface area contributed by atoms with Crippen molar-refractivity contribution in [2.75, 3.05) is 25.5 Å². The zero-order chi connectivity index (χ0) is 22.8. The van der Waals surface area contributed by atoms with Crippen molar-refractivity contribution in [1.82, 2.24) is 14.1 Å². The van der Waals surface area contributed by atoms with Crippen LogP contribution in [0.1, 0.15) is 31.2 Å². The van der Waals surface area contributed by atoms with Crippen LogP contribution in [0.2, 0.25) is 5.02 Å². The molecule has 0 bridgehead atoms. The maximum absolute atomic E-state index is 14.3. The topological polar surface area (TPSA) is 58.4 Å². The minimum atomic E-state index is -4.03. The third-order valence-corrected chi connectivity index (χ3v) is 8.78. The maximum Gasteiger partial charge on any atom is 0.283 e. The molecule has 1 spiro atoms. The molecule has 2 heterocycles. The second-order valence-corrected chi connectivity index (χ2v) is 11.4. The van der Waals surface area contributed by atoms with Crippen LogP contribution in [0.4, 0.5) is 10.2 Å². The SMILES string of the molecule is Cc1ccc(S(=O)(=O)n2nc(N3CCC(N(C)C)CC34CC4)c3c(Cl)cc(F)cc32)cc1. The molecule has 1 aliphatic heterocycles. The Kier molecular flexibility index (Phi) is 5.03. The Hall–Kier alpha value is -2.16. The highest BCUT2D eigenvalue weighted by atomic mass is 35.5. The molecule has 1 saturated heterocycles. The van der Waals surface area contributed by atoms with Crippen LogP contribution < -0.4 is 4.90 Å². The summed E-state index contributed by atoms with van der Waals surface area (Å²) in [7, 11) is 0.154. The molecule has 3 aromatic rings. The highest BCUT2D eigenvalue weighted by Gasteiger charge is 2.53. The Bertz CT molecular complexity index is 1300. The van der Waals surface area contributed by atoms with Gasteiger partial charge < -0.3 is 9.80 Å². The molecule has 2 fully saturated rings. The van der Waals surface area contributed by atoms with E-state index in [2.05, 4.69) is 29.0 Å². The van der Waals surface area contributed by atoms with Gasteiger partial charge in [-0.2, -0.15) is 12.5 Å². The summed E-state index contributed by atoms with van der Waals surface area (Å²) in [6.07, 6.45) is 3.97. The molecule has 0 amide bonds. The summed E-state index contributed by atoms with van der Waals surface area (Å²) in [5, 5.41) is 5.24. The first-order chi connectivity index (χ1) is 15.1. The Morgan fingerprint density at radius 2 is 1.88 bits per heavy atom. The largest absolute Gasteiger partial charge is 0.349 e. The first kappa shape index (κ1) is 21.7. The quantitative estimate of drug-likeness (QED) is 0.557. The predicted molar refractivity (Wildman–Crippen MR) is 124 cm³/mol. The van der Waals surface area contributed by atoms with E-state index in [-0.39, 0.29) is 21.0 Å². The first-order valence-electron chi connectivity index (χ1n) is 10.8. The number of fused-ring (bicyclic) bond motifs is 1. The molecule has 170 valence electrons. The zero-order valence-electron chi connectivity index (χ0n) is 18.3. The number of aromatic nitrogens is 2. The van der Waals surface area contributed by atoms with Crippen LogP contribution in [0.15, 0.2) is 41.3 Å². The van der Waals surface area contributed by atoms with Crippen LogP contribution >= 0.6 is 11.6 Å². The third-order valence-electron chi connectivity index (χ3n) is 6.88. The molecule has 5 rings (SSSR count). The van der Waals surface area contributed by atoms with Gasteiger partial charge in [-0.3, -0.25) is 0 Å². The van der Waals surface area contributed by atoms with Gasteiger partial charge in [0, 0.05) is 24.2 Å². The van der Waals surface area contributed by atoms with E-state index in [0.29, 0.717) is 17.2 Å². The number of anilines is 1. The van der Waals surface area contributed by atoms with Gasteiger partial charge in [-0.05, 0) is 64.9 Å². The van der Waals surface area contributed by atoms with Crippen LogP contribution in [0.25, 0.3) is 10.9 Å². The predicted octanol–water partition coefficient (Wildman–Crippen LogP) is 4.44. The fourth-order valence-corrected chi connectivity index (χ4v) is 6.41. The fraction of sp³-hybridized carbons (Fsp3) is 0.435. The molecule has 0 N–H and O–H groups in total. The summed E-state index contributed by atoms with van der Waals surface area (Å²) in [6, 6.07) is 9.45. The normalized spacial score (nSPS) is 20.4. The van der Waals surface area contributed by atoms with Crippen molar-refractivity contribution in [3.05, 3.63) is 52.8 Å². The molecule has 9 heteroatoms. The lowest BCUT2D eigenvalue weighted by atomic mass is 9.94. The number of hydrogen-bond donors (Lipinski definition) is 0. The third kappa shape index (κ3) is 3.40. The number of nitrogens with zero attached hydrogens (tertiary/aromatic N) is 4. The van der Waals surface area contributed by atoms with E-state index >= 15 is 0 Å². The lowest BCUT2D eigenvalue weighted by Gasteiger charge is -2.42. The van der Waals surface area contributed by atoms with Gasteiger partial charge in [0.1, 0.15) is 5.82 Å². The van der Waals surface area contributed by atoms with E-state index in [1.54, 1.807) is 24.3 Å². The first-order valence-corrected chi connectivity index (χ1v) is 12.6. The van der Waals surface area contributed by atoms with Crippen LogP contribution in [-0.2, 0) is 10.0 Å². The van der Waals surface area contributed by atoms with Crippen molar-refractivity contribution in [1.29, 1.82) is 0 Å². The van der Waals surface area contributed by atoms with Gasteiger partial charge in [-0.15, -0.1) is 5.10 Å². The maximum atomic E-state index is 14.3. The van der Waals surface area contributed by atoms with Crippen molar-refractivity contribution in [2.24, 2.45) is 0 Å². The molecule has 1 atom stereocenters. The standard InChI is InChI=1S/C23H26ClFN4O2S/c1-15-4-6-18(7-5-15)32(30,31)29-20-13-16(25)12-19(24)21(20)22(26-29)28-11-8-17(27(2)3)14-23(28)9-10-23/h4-7,12-13,17H,8-11,14H2,1-3H3. The van der Waals surface area contributed by atoms with Gasteiger partial charge >= 0.3 is 0 Å². The lowest BCUT2D eigenvalue weighted by Crippen LogP contribution is -2.50. The number of rotatable bonds is 4. The van der Waals surface area contributed by atoms with Gasteiger partial charge in [0.05, 0.1) is 20.8 Å². The van der Waals surface area contributed by atoms with E-state index in [9.17, 15) is 12.8 Å². The van der Waals surface area contributed by atoms with Gasteiger partial charge in [0.15, 0.2) is 5.82 Å². The molecule has 2 aliphatic rings. The number of halogens is 2. The highest BCUT2D eigenvalue weighted by Crippen LogP contribution is 2.52. The van der Waals surface area contributed by atoms with Crippen molar-refractivity contribution in [3.63, 3.8) is 0 Å². The summed E-state index contributed by atoms with van der Waals surface area (Å²) in [6.45, 7) is 2.63. The van der Waals surface area contributed by atoms with E-state index in [4.69, 9.17) is 11.6 Å². The number of piperidine rings is 1. The van der Waals surface area contributed by atoms with E-state index < -0.39 is 15.8 Å². The van der Waals surface area contributed by atoms with Gasteiger partial charge in [0.25, 0.3) is 10.0 Å². The Labute approximate surface area is 192 Å². The smallest absolute Gasteiger partial charge is 0.283 e. The molecular formula is C23H26ClFN4O2S.